The number of nitrogens with one attached hydrogen (secondary N) is 1. The first-order valence-corrected chi connectivity index (χ1v) is 4.90. The van der Waals surface area contributed by atoms with Crippen molar-refractivity contribution in [2.24, 2.45) is 0 Å². The van der Waals surface area contributed by atoms with Crippen LogP contribution in [0.15, 0.2) is 11.0 Å². The zero-order valence-corrected chi connectivity index (χ0v) is 12.2. The van der Waals surface area contributed by atoms with Gasteiger partial charge in [0.25, 0.3) is 5.56 Å². The number of nitrogens with zero attached hydrogens (tertiary/aromatic N) is 2. The molecular weight excluding hydrogens is 297 g/mol. The van der Waals surface area contributed by atoms with Gasteiger partial charge in [0.15, 0.2) is 0 Å². The number of nitrogens with two attached hydrogens (primary N) is 1. The molecule has 0 amide bonds. The average molecular weight is 308 g/mol. The summed E-state index contributed by atoms with van der Waals surface area (Å²) in [6.07, 6.45) is 4.20. The molecule has 0 fully saturated rings. The predicted molar refractivity (Wildman–Crippen MR) is 59.8 cm³/mol. The Hall–Kier alpha value is -1.01. The number of anilines is 1. The monoisotopic (exact) mass is 308 g/mol. The standard InChI is InChI=1S/C10H11N4O2.Y/c1-2-6-5-14(3-4-15)8-7(6)9(16)13-10(11)12-8;/h5H,2-3H2,1H3,(H3,11,12,13,16);/q-1;. The Bertz CT molecular complexity index is 602. The Morgan fingerprint density at radius 3 is 2.88 bits per heavy atom. The Kier molecular flexibility index (Phi) is 4.59. The van der Waals surface area contributed by atoms with Crippen molar-refractivity contribution >= 4 is 23.3 Å². The van der Waals surface area contributed by atoms with Crippen LogP contribution in [0.4, 0.5) is 5.95 Å². The first-order chi connectivity index (χ1) is 7.67. The van der Waals surface area contributed by atoms with Crippen molar-refractivity contribution in [3.05, 3.63) is 22.1 Å². The summed E-state index contributed by atoms with van der Waals surface area (Å²) in [5.74, 6) is 0.0467. The van der Waals surface area contributed by atoms with Gasteiger partial charge < -0.3 is 15.1 Å². The van der Waals surface area contributed by atoms with E-state index in [9.17, 15) is 9.59 Å². The SMILES string of the molecule is CCc1cn(C[C-]=O)c2nc(N)[nH]c(=O)c12.[Y]. The summed E-state index contributed by atoms with van der Waals surface area (Å²) in [7, 11) is 0. The van der Waals surface area contributed by atoms with Gasteiger partial charge in [0.05, 0.1) is 5.39 Å². The molecule has 87 valence electrons. The summed E-state index contributed by atoms with van der Waals surface area (Å²) in [6, 6.07) is 0. The largest absolute Gasteiger partial charge is 0.540 e. The molecule has 2 heterocycles. The van der Waals surface area contributed by atoms with Gasteiger partial charge in [-0.05, 0) is 12.0 Å². The molecule has 2 rings (SSSR count). The second-order valence-electron chi connectivity index (χ2n) is 3.43. The van der Waals surface area contributed by atoms with Crippen LogP contribution in [0.3, 0.4) is 0 Å². The predicted octanol–water partition coefficient (Wildman–Crippen LogP) is -0.0236. The molecule has 0 aliphatic rings. The van der Waals surface area contributed by atoms with Crippen molar-refractivity contribution in [2.45, 2.75) is 19.9 Å². The molecule has 0 spiro atoms. The van der Waals surface area contributed by atoms with Crippen molar-refractivity contribution in [1.29, 1.82) is 0 Å². The number of carbonyl (C=O) groups excluding carboxylic acids is 1. The molecule has 7 heteroatoms. The normalized spacial score (nSPS) is 10.2. The average Bonchev–Trinajstić information content (AvgIpc) is 2.57. The summed E-state index contributed by atoms with van der Waals surface area (Å²) >= 11 is 0. The van der Waals surface area contributed by atoms with Gasteiger partial charge in [-0.15, -0.1) is 0 Å². The molecule has 17 heavy (non-hydrogen) atoms. The van der Waals surface area contributed by atoms with Crippen molar-refractivity contribution in [2.75, 3.05) is 5.73 Å². The van der Waals surface area contributed by atoms with Gasteiger partial charge in [-0.25, -0.2) is 6.29 Å². The zero-order valence-electron chi connectivity index (χ0n) is 9.36. The minimum atomic E-state index is -0.274. The molecule has 2 aromatic rings. The van der Waals surface area contributed by atoms with Crippen LogP contribution >= 0.6 is 0 Å². The summed E-state index contributed by atoms with van der Waals surface area (Å²) in [5.41, 5.74) is 6.47. The zero-order chi connectivity index (χ0) is 11.7. The maximum atomic E-state index is 11.7. The van der Waals surface area contributed by atoms with E-state index in [0.717, 1.165) is 5.56 Å². The smallest absolute Gasteiger partial charge is 0.262 e. The Balaban J connectivity index is 0.00000144. The molecule has 0 aromatic carbocycles. The Morgan fingerprint density at radius 1 is 1.59 bits per heavy atom. The number of fused-ring (bicyclic) bond motifs is 1. The molecule has 0 saturated carbocycles. The minimum Gasteiger partial charge on any atom is -0.540 e. The molecule has 0 saturated heterocycles. The summed E-state index contributed by atoms with van der Waals surface area (Å²) in [4.78, 5) is 28.6. The molecule has 0 atom stereocenters. The molecule has 0 aliphatic carbocycles. The number of aromatic amines is 1. The van der Waals surface area contributed by atoms with Crippen molar-refractivity contribution in [3.63, 3.8) is 0 Å². The van der Waals surface area contributed by atoms with E-state index in [1.54, 1.807) is 17.1 Å². The Labute approximate surface area is 122 Å². The maximum absolute atomic E-state index is 11.7. The van der Waals surface area contributed by atoms with E-state index in [-0.39, 0.29) is 50.8 Å². The first kappa shape index (κ1) is 14.1. The number of nitrogen functional groups attached to an aromatic ring is 1. The summed E-state index contributed by atoms with van der Waals surface area (Å²) in [5, 5.41) is 0.493. The molecule has 0 unspecified atom stereocenters. The fourth-order valence-corrected chi connectivity index (χ4v) is 1.75. The maximum Gasteiger partial charge on any atom is 0.262 e. The van der Waals surface area contributed by atoms with E-state index >= 15 is 0 Å². The quantitative estimate of drug-likeness (QED) is 0.779. The number of H-pyrrole nitrogens is 1. The van der Waals surface area contributed by atoms with E-state index in [1.165, 1.54) is 0 Å². The number of hydrogen-bond donors (Lipinski definition) is 2. The molecule has 3 N–H and O–H groups in total. The fraction of sp³-hybridized carbons (Fsp3) is 0.300. The van der Waals surface area contributed by atoms with E-state index < -0.39 is 0 Å². The summed E-state index contributed by atoms with van der Waals surface area (Å²) in [6.45, 7) is 1.98. The second kappa shape index (κ2) is 5.55. The molecule has 6 nitrogen and oxygen atoms in total. The van der Waals surface area contributed by atoms with Crippen LogP contribution in [0.2, 0.25) is 0 Å². The van der Waals surface area contributed by atoms with Crippen LogP contribution < -0.4 is 11.3 Å². The number of rotatable bonds is 3. The van der Waals surface area contributed by atoms with E-state index in [1.807, 2.05) is 6.92 Å². The van der Waals surface area contributed by atoms with Gasteiger partial charge in [0.2, 0.25) is 5.95 Å². The Morgan fingerprint density at radius 2 is 2.29 bits per heavy atom. The molecule has 0 aliphatic heterocycles. The second-order valence-corrected chi connectivity index (χ2v) is 3.43. The number of aromatic nitrogens is 3. The van der Waals surface area contributed by atoms with Crippen LogP contribution in [0.1, 0.15) is 12.5 Å². The molecule has 2 aromatic heterocycles. The van der Waals surface area contributed by atoms with Crippen LogP contribution in [-0.4, -0.2) is 20.8 Å². The number of aryl methyl sites for hydroxylation is 1. The van der Waals surface area contributed by atoms with Crippen molar-refractivity contribution < 1.29 is 37.5 Å². The fourth-order valence-electron chi connectivity index (χ4n) is 1.75. The first-order valence-electron chi connectivity index (χ1n) is 4.90. The minimum absolute atomic E-state index is 0. The third-order valence-electron chi connectivity index (χ3n) is 2.44. The van der Waals surface area contributed by atoms with Gasteiger partial charge in [0, 0.05) is 38.9 Å². The van der Waals surface area contributed by atoms with Crippen molar-refractivity contribution in [3.8, 4) is 0 Å². The van der Waals surface area contributed by atoms with Gasteiger partial charge in [-0.3, -0.25) is 9.78 Å². The van der Waals surface area contributed by atoms with Crippen LogP contribution in [0.5, 0.6) is 0 Å². The van der Waals surface area contributed by atoms with Gasteiger partial charge in [0.1, 0.15) is 5.65 Å². The van der Waals surface area contributed by atoms with E-state index in [2.05, 4.69) is 9.97 Å². The van der Waals surface area contributed by atoms with Gasteiger partial charge in [-0.2, -0.15) is 4.98 Å². The van der Waals surface area contributed by atoms with E-state index in [4.69, 9.17) is 5.73 Å². The van der Waals surface area contributed by atoms with E-state index in [0.29, 0.717) is 17.5 Å². The van der Waals surface area contributed by atoms with Crippen LogP contribution in [-0.2, 0) is 50.5 Å². The third kappa shape index (κ3) is 2.47. The third-order valence-corrected chi connectivity index (χ3v) is 2.44. The summed E-state index contributed by atoms with van der Waals surface area (Å²) < 4.78 is 1.58. The van der Waals surface area contributed by atoms with Gasteiger partial charge in [-0.1, -0.05) is 13.5 Å². The van der Waals surface area contributed by atoms with Crippen molar-refractivity contribution in [1.82, 2.24) is 14.5 Å². The number of hydrogen-bond acceptors (Lipinski definition) is 4. The molecular formula is C10H11N4O2Y-. The van der Waals surface area contributed by atoms with Crippen LogP contribution in [0, 0.1) is 0 Å². The molecule has 0 bridgehead atoms. The molecule has 1 radical (unpaired) electrons. The van der Waals surface area contributed by atoms with Gasteiger partial charge >= 0.3 is 0 Å². The topological polar surface area (TPSA) is 93.8 Å². The van der Waals surface area contributed by atoms with Crippen LogP contribution in [0.25, 0.3) is 11.0 Å².